The molecule has 0 aliphatic rings. The topological polar surface area (TPSA) is 26.0 Å². The molecule has 0 saturated heterocycles. The molecule has 0 radical (unpaired) electrons. The van der Waals surface area contributed by atoms with Crippen molar-refractivity contribution in [2.45, 2.75) is 5.88 Å². The second kappa shape index (κ2) is 3.26. The Kier molecular flexibility index (Phi) is 2.57. The molecule has 0 aliphatic carbocycles. The molecular formula is C7H7BrClN. The molecule has 10 heavy (non-hydrogen) atoms. The van der Waals surface area contributed by atoms with Crippen LogP contribution in [0.4, 0.5) is 5.69 Å². The summed E-state index contributed by atoms with van der Waals surface area (Å²) in [5.41, 5.74) is 7.33. The molecule has 3 heteroatoms. The molecule has 1 rings (SSSR count). The molecule has 54 valence electrons. The maximum atomic E-state index is 5.62. The quantitative estimate of drug-likeness (QED) is 0.572. The van der Waals surface area contributed by atoms with Crippen LogP contribution in [0.15, 0.2) is 22.7 Å². The van der Waals surface area contributed by atoms with Gasteiger partial charge in [-0.25, -0.2) is 0 Å². The third-order valence-corrected chi connectivity index (χ3v) is 2.03. The van der Waals surface area contributed by atoms with Crippen molar-refractivity contribution in [2.75, 3.05) is 5.73 Å². The summed E-state index contributed by atoms with van der Waals surface area (Å²) in [5.74, 6) is 0.471. The highest BCUT2D eigenvalue weighted by molar-refractivity contribution is 9.10. The van der Waals surface area contributed by atoms with E-state index in [1.54, 1.807) is 0 Å². The number of rotatable bonds is 1. The molecule has 0 saturated carbocycles. The van der Waals surface area contributed by atoms with Crippen LogP contribution in [0.25, 0.3) is 0 Å². The largest absolute Gasteiger partial charge is 0.398 e. The minimum atomic E-state index is 0.471. The fraction of sp³-hybridized carbons (Fsp3) is 0.143. The molecule has 0 amide bonds. The molecule has 0 spiro atoms. The number of nitrogen functional groups attached to an aromatic ring is 1. The van der Waals surface area contributed by atoms with Gasteiger partial charge in [-0.3, -0.25) is 0 Å². The standard InChI is InChI=1S/C7H7BrClN/c8-6-2-1-5(4-9)7(10)3-6/h1-3H,4,10H2. The Hall–Kier alpha value is -0.210. The Labute approximate surface area is 73.3 Å². The fourth-order valence-electron chi connectivity index (χ4n) is 0.687. The first-order chi connectivity index (χ1) is 4.74. The van der Waals surface area contributed by atoms with Gasteiger partial charge in [-0.2, -0.15) is 0 Å². The van der Waals surface area contributed by atoms with E-state index in [1.165, 1.54) is 0 Å². The summed E-state index contributed by atoms with van der Waals surface area (Å²) in [6, 6.07) is 5.68. The molecule has 0 heterocycles. The summed E-state index contributed by atoms with van der Waals surface area (Å²) in [6.45, 7) is 0. The fourth-order valence-corrected chi connectivity index (χ4v) is 1.31. The summed E-state index contributed by atoms with van der Waals surface area (Å²) < 4.78 is 0.985. The highest BCUT2D eigenvalue weighted by Gasteiger charge is 1.96. The van der Waals surface area contributed by atoms with E-state index < -0.39 is 0 Å². The lowest BCUT2D eigenvalue weighted by Gasteiger charge is -2.00. The third-order valence-electron chi connectivity index (χ3n) is 1.25. The van der Waals surface area contributed by atoms with Gasteiger partial charge in [0.1, 0.15) is 0 Å². The second-order valence-electron chi connectivity index (χ2n) is 1.98. The lowest BCUT2D eigenvalue weighted by atomic mass is 10.2. The van der Waals surface area contributed by atoms with Gasteiger partial charge in [0.05, 0.1) is 0 Å². The van der Waals surface area contributed by atoms with Crippen LogP contribution < -0.4 is 5.73 Å². The summed E-state index contributed by atoms with van der Waals surface area (Å²) >= 11 is 8.89. The minimum Gasteiger partial charge on any atom is -0.398 e. The maximum absolute atomic E-state index is 5.62. The third kappa shape index (κ3) is 1.64. The number of alkyl halides is 1. The van der Waals surface area contributed by atoms with E-state index in [1.807, 2.05) is 18.2 Å². The van der Waals surface area contributed by atoms with Crippen molar-refractivity contribution in [1.82, 2.24) is 0 Å². The summed E-state index contributed by atoms with van der Waals surface area (Å²) in [6.07, 6.45) is 0. The number of hydrogen-bond donors (Lipinski definition) is 1. The van der Waals surface area contributed by atoms with Crippen LogP contribution in [0.5, 0.6) is 0 Å². The molecule has 1 aromatic carbocycles. The summed E-state index contributed by atoms with van der Waals surface area (Å²) in [5, 5.41) is 0. The van der Waals surface area contributed by atoms with Gasteiger partial charge in [-0.1, -0.05) is 22.0 Å². The Morgan fingerprint density at radius 1 is 1.50 bits per heavy atom. The summed E-state index contributed by atoms with van der Waals surface area (Å²) in [4.78, 5) is 0. The van der Waals surface area contributed by atoms with Gasteiger partial charge in [0.25, 0.3) is 0 Å². The van der Waals surface area contributed by atoms with Crippen molar-refractivity contribution < 1.29 is 0 Å². The first-order valence-electron chi connectivity index (χ1n) is 2.84. The van der Waals surface area contributed by atoms with Gasteiger partial charge in [0.15, 0.2) is 0 Å². The second-order valence-corrected chi connectivity index (χ2v) is 3.16. The monoisotopic (exact) mass is 219 g/mol. The molecule has 0 aliphatic heterocycles. The molecule has 0 atom stereocenters. The SMILES string of the molecule is Nc1cc(Br)ccc1CCl. The van der Waals surface area contributed by atoms with E-state index in [-0.39, 0.29) is 0 Å². The Bertz CT molecular complexity index is 237. The predicted octanol–water partition coefficient (Wildman–Crippen LogP) is 2.77. The maximum Gasteiger partial charge on any atom is 0.0494 e. The molecule has 0 bridgehead atoms. The molecule has 0 unspecified atom stereocenters. The van der Waals surface area contributed by atoms with Crippen LogP contribution in [0.3, 0.4) is 0 Å². The van der Waals surface area contributed by atoms with E-state index in [2.05, 4.69) is 15.9 Å². The van der Waals surface area contributed by atoms with Gasteiger partial charge in [-0.15, -0.1) is 11.6 Å². The minimum absolute atomic E-state index is 0.471. The zero-order valence-electron chi connectivity index (χ0n) is 5.27. The highest BCUT2D eigenvalue weighted by Crippen LogP contribution is 2.19. The zero-order chi connectivity index (χ0) is 7.56. The van der Waals surface area contributed by atoms with Gasteiger partial charge in [0.2, 0.25) is 0 Å². The average molecular weight is 220 g/mol. The zero-order valence-corrected chi connectivity index (χ0v) is 7.61. The highest BCUT2D eigenvalue weighted by atomic mass is 79.9. The van der Waals surface area contributed by atoms with Crippen LogP contribution in [-0.4, -0.2) is 0 Å². The normalized spacial score (nSPS) is 9.80. The Morgan fingerprint density at radius 3 is 2.70 bits per heavy atom. The van der Waals surface area contributed by atoms with Crippen LogP contribution in [0.2, 0.25) is 0 Å². The van der Waals surface area contributed by atoms with E-state index in [0.717, 1.165) is 15.7 Å². The van der Waals surface area contributed by atoms with Crippen LogP contribution in [0.1, 0.15) is 5.56 Å². The first-order valence-corrected chi connectivity index (χ1v) is 4.16. The van der Waals surface area contributed by atoms with E-state index >= 15 is 0 Å². The number of anilines is 1. The van der Waals surface area contributed by atoms with E-state index in [0.29, 0.717) is 5.88 Å². The molecule has 0 aromatic heterocycles. The number of halogens is 2. The van der Waals surface area contributed by atoms with E-state index in [9.17, 15) is 0 Å². The lowest BCUT2D eigenvalue weighted by molar-refractivity contribution is 1.40. The predicted molar refractivity (Wildman–Crippen MR) is 48.1 cm³/mol. The van der Waals surface area contributed by atoms with Gasteiger partial charge in [0, 0.05) is 16.0 Å². The van der Waals surface area contributed by atoms with Crippen molar-refractivity contribution in [3.63, 3.8) is 0 Å². The van der Waals surface area contributed by atoms with Crippen molar-refractivity contribution >= 4 is 33.2 Å². The average Bonchev–Trinajstić information content (AvgIpc) is 1.88. The van der Waals surface area contributed by atoms with Crippen LogP contribution in [0, 0.1) is 0 Å². The van der Waals surface area contributed by atoms with Crippen molar-refractivity contribution in [2.24, 2.45) is 0 Å². The van der Waals surface area contributed by atoms with Crippen LogP contribution >= 0.6 is 27.5 Å². The number of hydrogen-bond acceptors (Lipinski definition) is 1. The van der Waals surface area contributed by atoms with Crippen LogP contribution in [-0.2, 0) is 5.88 Å². The molecular weight excluding hydrogens is 213 g/mol. The number of benzene rings is 1. The van der Waals surface area contributed by atoms with Crippen molar-refractivity contribution in [3.8, 4) is 0 Å². The molecule has 2 N–H and O–H groups in total. The van der Waals surface area contributed by atoms with Crippen molar-refractivity contribution in [1.29, 1.82) is 0 Å². The van der Waals surface area contributed by atoms with Crippen molar-refractivity contribution in [3.05, 3.63) is 28.2 Å². The van der Waals surface area contributed by atoms with Gasteiger partial charge >= 0.3 is 0 Å². The Morgan fingerprint density at radius 2 is 2.20 bits per heavy atom. The molecule has 1 nitrogen and oxygen atoms in total. The van der Waals surface area contributed by atoms with Gasteiger partial charge in [-0.05, 0) is 17.7 Å². The van der Waals surface area contributed by atoms with E-state index in [4.69, 9.17) is 17.3 Å². The smallest absolute Gasteiger partial charge is 0.0494 e. The van der Waals surface area contributed by atoms with Gasteiger partial charge < -0.3 is 5.73 Å². The lowest BCUT2D eigenvalue weighted by Crippen LogP contribution is -1.90. The summed E-state index contributed by atoms with van der Waals surface area (Å²) in [7, 11) is 0. The first kappa shape index (κ1) is 7.89. The molecule has 1 aromatic rings. The number of nitrogens with two attached hydrogens (primary N) is 1. The Balaban J connectivity index is 3.07. The molecule has 0 fully saturated rings.